The minimum Gasteiger partial charge on any atom is -0.493 e. The summed E-state index contributed by atoms with van der Waals surface area (Å²) in [5, 5.41) is 0. The molecular weight excluding hydrogens is 447 g/mol. The standard InChI is InChI=1S/C27H35FN4O3/c1-34-18-19-16-29-27(30-17-19)32-10-5-20(6-11-32)24-13-21(24)7-12-35-23-4-3-22(25(28)15-23)14-26(33)31-8-2-9-31/h3-4,15-17,20-21,24H,2,5-14,18H2,1H3/t21?,24-/m1/s1. The van der Waals surface area contributed by atoms with E-state index in [-0.39, 0.29) is 18.1 Å². The smallest absolute Gasteiger partial charge is 0.227 e. The Morgan fingerprint density at radius 2 is 1.91 bits per heavy atom. The maximum atomic E-state index is 14.4. The molecule has 35 heavy (non-hydrogen) atoms. The Kier molecular flexibility index (Phi) is 7.46. The van der Waals surface area contributed by atoms with Gasteiger partial charge >= 0.3 is 0 Å². The van der Waals surface area contributed by atoms with Crippen molar-refractivity contribution in [2.75, 3.05) is 44.8 Å². The van der Waals surface area contributed by atoms with Crippen LogP contribution in [0.25, 0.3) is 0 Å². The zero-order valence-corrected chi connectivity index (χ0v) is 20.5. The lowest BCUT2D eigenvalue weighted by Gasteiger charge is -2.32. The molecule has 3 aliphatic rings. The molecule has 7 nitrogen and oxygen atoms in total. The fraction of sp³-hybridized carbons (Fsp3) is 0.593. The average Bonchev–Trinajstić information content (AvgIpc) is 3.60. The van der Waals surface area contributed by atoms with Gasteiger partial charge in [-0.15, -0.1) is 0 Å². The zero-order valence-electron chi connectivity index (χ0n) is 20.5. The number of methoxy groups -OCH3 is 1. The van der Waals surface area contributed by atoms with Crippen LogP contribution >= 0.6 is 0 Å². The molecule has 0 radical (unpaired) electrons. The average molecular weight is 483 g/mol. The van der Waals surface area contributed by atoms with Crippen LogP contribution in [0.4, 0.5) is 10.3 Å². The van der Waals surface area contributed by atoms with Crippen LogP contribution in [-0.4, -0.2) is 60.7 Å². The summed E-state index contributed by atoms with van der Waals surface area (Å²) in [6.07, 6.45) is 9.49. The molecule has 8 heteroatoms. The minimum absolute atomic E-state index is 0.00179. The fourth-order valence-electron chi connectivity index (χ4n) is 5.39. The number of benzene rings is 1. The van der Waals surface area contributed by atoms with Crippen molar-refractivity contribution in [3.05, 3.63) is 47.5 Å². The summed E-state index contributed by atoms with van der Waals surface area (Å²) < 4.78 is 25.4. The van der Waals surface area contributed by atoms with E-state index >= 15 is 0 Å². The molecule has 1 aliphatic carbocycles. The van der Waals surface area contributed by atoms with Crippen LogP contribution in [0, 0.1) is 23.6 Å². The number of anilines is 1. The number of likely N-dealkylation sites (tertiary alicyclic amines) is 1. The van der Waals surface area contributed by atoms with Crippen LogP contribution in [0.2, 0.25) is 0 Å². The van der Waals surface area contributed by atoms with Gasteiger partial charge in [-0.3, -0.25) is 4.79 Å². The normalized spacial score (nSPS) is 22.1. The predicted molar refractivity (Wildman–Crippen MR) is 131 cm³/mol. The van der Waals surface area contributed by atoms with Gasteiger partial charge < -0.3 is 19.3 Å². The molecule has 188 valence electrons. The second kappa shape index (κ2) is 10.9. The van der Waals surface area contributed by atoms with Crippen molar-refractivity contribution in [3.8, 4) is 5.75 Å². The summed E-state index contributed by atoms with van der Waals surface area (Å²) in [5.41, 5.74) is 1.43. The first kappa shape index (κ1) is 24.0. The Morgan fingerprint density at radius 3 is 2.57 bits per heavy atom. The topological polar surface area (TPSA) is 67.8 Å². The predicted octanol–water partition coefficient (Wildman–Crippen LogP) is 3.86. The van der Waals surface area contributed by atoms with Gasteiger partial charge in [-0.2, -0.15) is 0 Å². The Bertz CT molecular complexity index is 1010. The minimum atomic E-state index is -0.357. The number of hydrogen-bond donors (Lipinski definition) is 0. The number of nitrogens with zero attached hydrogens (tertiary/aromatic N) is 4. The molecule has 0 spiro atoms. The molecule has 3 heterocycles. The highest BCUT2D eigenvalue weighted by Crippen LogP contribution is 2.49. The van der Waals surface area contributed by atoms with E-state index in [1.165, 1.54) is 25.3 Å². The van der Waals surface area contributed by atoms with Crippen LogP contribution in [-0.2, 0) is 22.6 Å². The monoisotopic (exact) mass is 482 g/mol. The molecule has 1 aromatic carbocycles. The largest absolute Gasteiger partial charge is 0.493 e. The number of amides is 1. The molecular formula is C27H35FN4O3. The first-order valence-electron chi connectivity index (χ1n) is 12.8. The SMILES string of the molecule is COCc1cnc(N2CCC([C@H]3CC3CCOc3ccc(CC(=O)N4CCC4)c(F)c3)CC2)nc1. The Morgan fingerprint density at radius 1 is 1.14 bits per heavy atom. The lowest BCUT2D eigenvalue weighted by atomic mass is 9.90. The molecule has 1 amide bonds. The van der Waals surface area contributed by atoms with Crippen molar-refractivity contribution in [1.82, 2.24) is 14.9 Å². The van der Waals surface area contributed by atoms with Gasteiger partial charge in [0, 0.05) is 57.3 Å². The van der Waals surface area contributed by atoms with Crippen molar-refractivity contribution in [3.63, 3.8) is 0 Å². The number of carbonyl (C=O) groups is 1. The number of carbonyl (C=O) groups excluding carboxylic acids is 1. The van der Waals surface area contributed by atoms with Crippen molar-refractivity contribution < 1.29 is 18.7 Å². The third kappa shape index (κ3) is 5.92. The van der Waals surface area contributed by atoms with Crippen molar-refractivity contribution >= 4 is 11.9 Å². The van der Waals surface area contributed by atoms with Crippen LogP contribution in [0.1, 0.15) is 43.2 Å². The van der Waals surface area contributed by atoms with Gasteiger partial charge in [0.05, 0.1) is 19.6 Å². The van der Waals surface area contributed by atoms with Crippen molar-refractivity contribution in [2.24, 2.45) is 17.8 Å². The van der Waals surface area contributed by atoms with Gasteiger partial charge in [-0.1, -0.05) is 6.07 Å². The molecule has 2 aromatic rings. The first-order chi connectivity index (χ1) is 17.1. The molecule has 3 fully saturated rings. The van der Waals surface area contributed by atoms with E-state index in [1.807, 2.05) is 12.4 Å². The Hall–Kier alpha value is -2.74. The lowest BCUT2D eigenvalue weighted by Crippen LogP contribution is -2.42. The van der Waals surface area contributed by atoms with E-state index in [1.54, 1.807) is 24.1 Å². The highest BCUT2D eigenvalue weighted by molar-refractivity contribution is 5.79. The number of rotatable bonds is 10. The number of hydrogen-bond acceptors (Lipinski definition) is 6. The van der Waals surface area contributed by atoms with Gasteiger partial charge in [0.15, 0.2) is 0 Å². The molecule has 2 aliphatic heterocycles. The Balaban J connectivity index is 1.01. The van der Waals surface area contributed by atoms with E-state index in [4.69, 9.17) is 9.47 Å². The molecule has 5 rings (SSSR count). The summed E-state index contributed by atoms with van der Waals surface area (Å²) in [4.78, 5) is 25.1. The van der Waals surface area contributed by atoms with Crippen molar-refractivity contribution in [1.29, 1.82) is 0 Å². The van der Waals surface area contributed by atoms with E-state index in [9.17, 15) is 9.18 Å². The molecule has 0 N–H and O–H groups in total. The molecule has 0 bridgehead atoms. The van der Waals surface area contributed by atoms with Gasteiger partial charge in [0.25, 0.3) is 0 Å². The van der Waals surface area contributed by atoms with E-state index in [0.717, 1.165) is 62.4 Å². The second-order valence-electron chi connectivity index (χ2n) is 10.1. The number of piperidine rings is 1. The molecule has 1 aromatic heterocycles. The van der Waals surface area contributed by atoms with E-state index in [0.29, 0.717) is 30.4 Å². The Labute approximate surface area is 206 Å². The summed E-state index contributed by atoms with van der Waals surface area (Å²) in [5.74, 6) is 3.24. The first-order valence-corrected chi connectivity index (χ1v) is 12.8. The quantitative estimate of drug-likeness (QED) is 0.512. The van der Waals surface area contributed by atoms with Gasteiger partial charge in [0.1, 0.15) is 11.6 Å². The van der Waals surface area contributed by atoms with Crippen LogP contribution in [0.5, 0.6) is 5.75 Å². The third-order valence-corrected chi connectivity index (χ3v) is 7.74. The highest BCUT2D eigenvalue weighted by Gasteiger charge is 2.43. The van der Waals surface area contributed by atoms with Crippen molar-refractivity contribution in [2.45, 2.75) is 45.1 Å². The fourth-order valence-corrected chi connectivity index (χ4v) is 5.39. The van der Waals surface area contributed by atoms with Gasteiger partial charge in [0.2, 0.25) is 11.9 Å². The molecule has 2 saturated heterocycles. The summed E-state index contributed by atoms with van der Waals surface area (Å²) in [6.45, 7) is 4.73. The zero-order chi connectivity index (χ0) is 24.2. The van der Waals surface area contributed by atoms with Crippen LogP contribution in [0.15, 0.2) is 30.6 Å². The number of ether oxygens (including phenoxy) is 2. The number of aromatic nitrogens is 2. The van der Waals surface area contributed by atoms with E-state index in [2.05, 4.69) is 14.9 Å². The second-order valence-corrected chi connectivity index (χ2v) is 10.1. The van der Waals surface area contributed by atoms with E-state index < -0.39 is 0 Å². The number of halogens is 1. The summed E-state index contributed by atoms with van der Waals surface area (Å²) in [7, 11) is 1.67. The lowest BCUT2D eigenvalue weighted by molar-refractivity contribution is -0.133. The maximum Gasteiger partial charge on any atom is 0.227 e. The molecule has 1 saturated carbocycles. The maximum absolute atomic E-state index is 14.4. The molecule has 2 atom stereocenters. The van der Waals surface area contributed by atoms with Crippen LogP contribution in [0.3, 0.4) is 0 Å². The summed E-state index contributed by atoms with van der Waals surface area (Å²) in [6, 6.07) is 4.89. The van der Waals surface area contributed by atoms with Gasteiger partial charge in [-0.25, -0.2) is 14.4 Å². The van der Waals surface area contributed by atoms with Gasteiger partial charge in [-0.05, 0) is 61.5 Å². The van der Waals surface area contributed by atoms with Crippen LogP contribution < -0.4 is 9.64 Å². The molecule has 1 unspecified atom stereocenters. The third-order valence-electron chi connectivity index (χ3n) is 7.74. The highest BCUT2D eigenvalue weighted by atomic mass is 19.1. The summed E-state index contributed by atoms with van der Waals surface area (Å²) >= 11 is 0.